The molecule has 0 spiro atoms. The normalized spacial score (nSPS) is 14.8. The molecule has 1 aliphatic rings. The molecule has 3 heterocycles. The third-order valence-electron chi connectivity index (χ3n) is 7.13. The first-order valence-electron chi connectivity index (χ1n) is 14.8. The molecule has 2 aromatic carbocycles. The molecule has 2 amide bonds. The van der Waals surface area contributed by atoms with Crippen LogP contribution in [0.4, 0.5) is 0 Å². The van der Waals surface area contributed by atoms with Gasteiger partial charge in [-0.05, 0) is 45.0 Å². The van der Waals surface area contributed by atoms with Crippen molar-refractivity contribution >= 4 is 36.4 Å². The van der Waals surface area contributed by atoms with Gasteiger partial charge in [-0.1, -0.05) is 36.4 Å². The minimum atomic E-state index is -4.09. The molecular weight excluding hydrogens is 615 g/mol. The van der Waals surface area contributed by atoms with Crippen molar-refractivity contribution in [3.63, 3.8) is 0 Å². The Morgan fingerprint density at radius 1 is 1.07 bits per heavy atom. The molecule has 0 radical (unpaired) electrons. The number of benzene rings is 2. The summed E-state index contributed by atoms with van der Waals surface area (Å²) in [5.74, 6) is -1.08. The van der Waals surface area contributed by atoms with Gasteiger partial charge < -0.3 is 19.1 Å². The Morgan fingerprint density at radius 3 is 2.54 bits per heavy atom. The second-order valence-electron chi connectivity index (χ2n) is 11.0. The predicted octanol–water partition coefficient (Wildman–Crippen LogP) is 4.23. The van der Waals surface area contributed by atoms with Crippen LogP contribution in [0.1, 0.15) is 53.0 Å². The molecule has 244 valence electrons. The molecule has 2 aromatic heterocycles. The van der Waals surface area contributed by atoms with Gasteiger partial charge in [0.1, 0.15) is 17.5 Å². The molecule has 4 aromatic rings. The van der Waals surface area contributed by atoms with E-state index in [1.54, 1.807) is 49.1 Å². The van der Waals surface area contributed by atoms with Gasteiger partial charge in [0, 0.05) is 42.2 Å². The molecule has 5 rings (SSSR count). The Morgan fingerprint density at radius 2 is 1.80 bits per heavy atom. The number of carbonyl (C=O) groups excluding carboxylic acids is 3. The van der Waals surface area contributed by atoms with E-state index in [1.165, 1.54) is 14.0 Å². The summed E-state index contributed by atoms with van der Waals surface area (Å²) in [6, 6.07) is 16.8. The van der Waals surface area contributed by atoms with Crippen LogP contribution in [0.25, 0.3) is 10.9 Å². The Labute approximate surface area is 265 Å². The number of amides is 2. The molecule has 0 fully saturated rings. The minimum absolute atomic E-state index is 0.129. The lowest BCUT2D eigenvalue weighted by Crippen LogP contribution is -2.37. The van der Waals surface area contributed by atoms with Crippen molar-refractivity contribution in [1.82, 2.24) is 30.2 Å². The predicted molar refractivity (Wildman–Crippen MR) is 168 cm³/mol. The number of fused-ring (bicyclic) bond motifs is 2. The molecule has 0 saturated heterocycles. The molecule has 3 N–H and O–H groups in total. The third-order valence-corrected chi connectivity index (χ3v) is 8.80. The van der Waals surface area contributed by atoms with Crippen molar-refractivity contribution in [2.45, 2.75) is 45.9 Å². The maximum absolute atomic E-state index is 13.6. The number of aromatic nitrogens is 3. The number of rotatable bonds is 13. The van der Waals surface area contributed by atoms with E-state index < -0.39 is 25.7 Å². The molecule has 2 atom stereocenters. The number of hydrogen-bond acceptors (Lipinski definition) is 9. The fraction of sp³-hybridized carbons (Fsp3) is 0.355. The first kappa shape index (κ1) is 32.9. The fourth-order valence-electron chi connectivity index (χ4n) is 4.88. The van der Waals surface area contributed by atoms with E-state index in [-0.39, 0.29) is 43.2 Å². The lowest BCUT2D eigenvalue weighted by molar-refractivity contribution is -0.149. The molecule has 1 aliphatic heterocycles. The Balaban J connectivity index is 1.18. The molecule has 46 heavy (non-hydrogen) atoms. The fourth-order valence-corrected chi connectivity index (χ4v) is 6.35. The molecule has 0 aliphatic carbocycles. The SMILES string of the molecule is CC(C)OC(=O)[C@H](C)NP(=O)(OCCON(C)C(=O)c1n[nH]c2c1CN(C(=O)c1cc3ccccc3[nH]1)CC2)Oc1ccccc1. The van der Waals surface area contributed by atoms with Crippen LogP contribution in [-0.4, -0.2) is 81.9 Å². The average Bonchev–Trinajstić information content (AvgIpc) is 3.66. The van der Waals surface area contributed by atoms with Crippen LogP contribution in [0.15, 0.2) is 60.7 Å². The van der Waals surface area contributed by atoms with Gasteiger partial charge in [-0.15, -0.1) is 0 Å². The zero-order chi connectivity index (χ0) is 32.8. The summed E-state index contributed by atoms with van der Waals surface area (Å²) in [6.07, 6.45) is 0.143. The summed E-state index contributed by atoms with van der Waals surface area (Å²) >= 11 is 0. The first-order valence-corrected chi connectivity index (χ1v) is 16.4. The number of H-pyrrole nitrogens is 2. The topological polar surface area (TPSA) is 168 Å². The number of esters is 1. The van der Waals surface area contributed by atoms with Crippen molar-refractivity contribution in [3.8, 4) is 5.75 Å². The van der Waals surface area contributed by atoms with Crippen LogP contribution < -0.4 is 9.61 Å². The maximum Gasteiger partial charge on any atom is 0.459 e. The van der Waals surface area contributed by atoms with Gasteiger partial charge in [-0.3, -0.25) is 28.8 Å². The standard InChI is InChI=1S/C31H37N6O8P/c1-20(2)44-31(40)21(3)35-46(41,45-23-11-6-5-7-12-23)43-17-16-42-36(4)30(39)28-24-19-37(15-14-26(24)33-34-28)29(38)27-18-22-10-8-9-13-25(22)32-27/h5-13,18,20-21,32H,14-17,19H2,1-4H3,(H,33,34)(H,35,41)/t21-,46?/m0/s1. The zero-order valence-corrected chi connectivity index (χ0v) is 26.9. The highest BCUT2D eigenvalue weighted by Gasteiger charge is 2.33. The van der Waals surface area contributed by atoms with Crippen LogP contribution >= 0.6 is 7.75 Å². The molecule has 14 nitrogen and oxygen atoms in total. The Bertz CT molecular complexity index is 1710. The van der Waals surface area contributed by atoms with Gasteiger partial charge in [0.05, 0.1) is 25.9 Å². The van der Waals surface area contributed by atoms with Crippen LogP contribution in [-0.2, 0) is 36.4 Å². The van der Waals surface area contributed by atoms with Crippen LogP contribution in [0.2, 0.25) is 0 Å². The first-order chi connectivity index (χ1) is 22.0. The second kappa shape index (κ2) is 14.3. The number of nitrogens with one attached hydrogen (secondary N) is 3. The number of hydroxylamine groups is 2. The highest BCUT2D eigenvalue weighted by atomic mass is 31.2. The highest BCUT2D eigenvalue weighted by Crippen LogP contribution is 2.44. The van der Waals surface area contributed by atoms with Crippen LogP contribution in [0, 0.1) is 0 Å². The van der Waals surface area contributed by atoms with Crippen molar-refractivity contribution in [2.75, 3.05) is 26.8 Å². The third kappa shape index (κ3) is 7.83. The molecular formula is C31H37N6O8P. The lowest BCUT2D eigenvalue weighted by atomic mass is 10.0. The van der Waals surface area contributed by atoms with Crippen LogP contribution in [0.5, 0.6) is 5.75 Å². The van der Waals surface area contributed by atoms with E-state index >= 15 is 0 Å². The van der Waals surface area contributed by atoms with Crippen molar-refractivity contribution in [3.05, 3.63) is 83.3 Å². The smallest absolute Gasteiger partial charge is 0.459 e. The molecule has 1 unspecified atom stereocenters. The summed E-state index contributed by atoms with van der Waals surface area (Å²) in [4.78, 5) is 49.4. The van der Waals surface area contributed by atoms with Gasteiger partial charge >= 0.3 is 13.7 Å². The second-order valence-corrected chi connectivity index (χ2v) is 12.7. The number of carbonyl (C=O) groups is 3. The van der Waals surface area contributed by atoms with Crippen molar-refractivity contribution in [1.29, 1.82) is 0 Å². The van der Waals surface area contributed by atoms with E-state index in [9.17, 15) is 18.9 Å². The number of ether oxygens (including phenoxy) is 1. The summed E-state index contributed by atoms with van der Waals surface area (Å²) < 4.78 is 30.0. The molecule has 15 heteroatoms. The largest absolute Gasteiger partial charge is 0.462 e. The maximum atomic E-state index is 13.6. The number of aromatic amines is 2. The summed E-state index contributed by atoms with van der Waals surface area (Å²) in [7, 11) is -2.67. The minimum Gasteiger partial charge on any atom is -0.462 e. The van der Waals surface area contributed by atoms with Gasteiger partial charge in [-0.25, -0.2) is 9.63 Å². The van der Waals surface area contributed by atoms with Crippen molar-refractivity contribution in [2.24, 2.45) is 0 Å². The summed E-state index contributed by atoms with van der Waals surface area (Å²) in [5.41, 5.74) is 2.85. The zero-order valence-electron chi connectivity index (χ0n) is 26.0. The Hall–Kier alpha value is -4.49. The van der Waals surface area contributed by atoms with E-state index in [1.807, 2.05) is 30.3 Å². The van der Waals surface area contributed by atoms with E-state index in [2.05, 4.69) is 20.3 Å². The number of hydrogen-bond donors (Lipinski definition) is 3. The highest BCUT2D eigenvalue weighted by molar-refractivity contribution is 7.52. The van der Waals surface area contributed by atoms with Crippen molar-refractivity contribution < 1.29 is 37.6 Å². The monoisotopic (exact) mass is 652 g/mol. The quantitative estimate of drug-likeness (QED) is 0.0823. The van der Waals surface area contributed by atoms with Gasteiger partial charge in [0.2, 0.25) is 0 Å². The van der Waals surface area contributed by atoms with Gasteiger partial charge in [0.25, 0.3) is 11.8 Å². The summed E-state index contributed by atoms with van der Waals surface area (Å²) in [6.45, 7) is 5.11. The van der Waals surface area contributed by atoms with Gasteiger partial charge in [-0.2, -0.15) is 10.2 Å². The van der Waals surface area contributed by atoms with Crippen LogP contribution in [0.3, 0.4) is 0 Å². The molecule has 0 saturated carbocycles. The average molecular weight is 653 g/mol. The Kier molecular flexibility index (Phi) is 10.2. The van der Waals surface area contributed by atoms with E-state index in [0.29, 0.717) is 24.2 Å². The molecule has 0 bridgehead atoms. The summed E-state index contributed by atoms with van der Waals surface area (Å²) in [5, 5.41) is 11.7. The lowest BCUT2D eigenvalue weighted by Gasteiger charge is -2.27. The van der Waals surface area contributed by atoms with E-state index in [4.69, 9.17) is 18.6 Å². The number of para-hydroxylation sites is 2. The van der Waals surface area contributed by atoms with Gasteiger partial charge in [0.15, 0.2) is 5.69 Å². The van der Waals surface area contributed by atoms with E-state index in [0.717, 1.165) is 21.7 Å². The number of nitrogens with zero attached hydrogens (tertiary/aromatic N) is 3.